The standard InChI is InChI=1S/C28H43N3O3/c1-3-4-5-6-7-8-9-10-11-12-13-14-15-16-17-27(32)30-25-22-24(28(33)34-2)18-19-26(25)31-21-20-29-23-31/h18-23H,3-17H2,1-2H3,(H,30,32). The van der Waals surface area contributed by atoms with Crippen LogP contribution in [0.25, 0.3) is 5.69 Å². The summed E-state index contributed by atoms with van der Waals surface area (Å²) < 4.78 is 6.62. The second-order valence-electron chi connectivity index (χ2n) is 9.09. The van der Waals surface area contributed by atoms with E-state index in [0.717, 1.165) is 18.5 Å². The van der Waals surface area contributed by atoms with E-state index < -0.39 is 5.97 Å². The van der Waals surface area contributed by atoms with Gasteiger partial charge >= 0.3 is 5.97 Å². The van der Waals surface area contributed by atoms with E-state index in [-0.39, 0.29) is 5.91 Å². The Morgan fingerprint density at radius 2 is 1.47 bits per heavy atom. The molecule has 1 amide bonds. The number of imidazole rings is 1. The topological polar surface area (TPSA) is 73.2 Å². The number of esters is 1. The molecule has 2 rings (SSSR count). The van der Waals surface area contributed by atoms with Gasteiger partial charge in [-0.3, -0.25) is 4.79 Å². The van der Waals surface area contributed by atoms with Crippen LogP contribution < -0.4 is 5.32 Å². The van der Waals surface area contributed by atoms with Crippen LogP contribution in [0.2, 0.25) is 0 Å². The number of nitrogens with zero attached hydrogens (tertiary/aromatic N) is 2. The third-order valence-electron chi connectivity index (χ3n) is 6.23. The zero-order valence-corrected chi connectivity index (χ0v) is 21.2. The molecule has 6 nitrogen and oxygen atoms in total. The summed E-state index contributed by atoms with van der Waals surface area (Å²) in [5.74, 6) is -0.470. The SMILES string of the molecule is CCCCCCCCCCCCCCCCC(=O)Nc1cc(C(=O)OC)ccc1-n1ccnc1. The molecule has 0 unspecified atom stereocenters. The van der Waals surface area contributed by atoms with Gasteiger partial charge in [0.05, 0.1) is 30.4 Å². The summed E-state index contributed by atoms with van der Waals surface area (Å²) >= 11 is 0. The molecule has 1 aromatic heterocycles. The molecule has 0 saturated heterocycles. The Bertz CT molecular complexity index is 833. The number of hydrogen-bond acceptors (Lipinski definition) is 4. The van der Waals surface area contributed by atoms with Gasteiger partial charge in [-0.2, -0.15) is 0 Å². The molecule has 0 fully saturated rings. The molecule has 1 N–H and O–H groups in total. The molecule has 1 heterocycles. The van der Waals surface area contributed by atoms with Gasteiger partial charge in [0.1, 0.15) is 0 Å². The normalized spacial score (nSPS) is 10.9. The van der Waals surface area contributed by atoms with Crippen molar-refractivity contribution in [2.24, 2.45) is 0 Å². The number of unbranched alkanes of at least 4 members (excludes halogenated alkanes) is 13. The Labute approximate surface area is 205 Å². The number of anilines is 1. The predicted molar refractivity (Wildman–Crippen MR) is 138 cm³/mol. The van der Waals surface area contributed by atoms with E-state index in [1.807, 2.05) is 4.57 Å². The first kappa shape index (κ1) is 27.6. The highest BCUT2D eigenvalue weighted by molar-refractivity contribution is 5.96. The summed E-state index contributed by atoms with van der Waals surface area (Å²) in [6, 6.07) is 5.13. The molecule has 34 heavy (non-hydrogen) atoms. The van der Waals surface area contributed by atoms with Gasteiger partial charge in [0, 0.05) is 18.8 Å². The smallest absolute Gasteiger partial charge is 0.337 e. The van der Waals surface area contributed by atoms with Gasteiger partial charge in [-0.25, -0.2) is 9.78 Å². The fourth-order valence-electron chi connectivity index (χ4n) is 4.20. The van der Waals surface area contributed by atoms with E-state index in [9.17, 15) is 9.59 Å². The molecule has 0 aliphatic heterocycles. The Kier molecular flexibility index (Phi) is 13.7. The number of carbonyl (C=O) groups is 2. The first-order valence-electron chi connectivity index (χ1n) is 13.2. The van der Waals surface area contributed by atoms with Crippen molar-refractivity contribution >= 4 is 17.6 Å². The minimum Gasteiger partial charge on any atom is -0.465 e. The van der Waals surface area contributed by atoms with Crippen molar-refractivity contribution in [2.45, 2.75) is 103 Å². The molecule has 1 aromatic carbocycles. The largest absolute Gasteiger partial charge is 0.465 e. The number of carbonyl (C=O) groups excluding carboxylic acids is 2. The summed E-state index contributed by atoms with van der Waals surface area (Å²) in [6.07, 6.45) is 23.7. The Balaban J connectivity index is 1.62. The van der Waals surface area contributed by atoms with Crippen molar-refractivity contribution in [1.29, 1.82) is 0 Å². The van der Waals surface area contributed by atoms with Crippen molar-refractivity contribution in [3.8, 4) is 5.69 Å². The number of nitrogens with one attached hydrogen (secondary N) is 1. The van der Waals surface area contributed by atoms with Gasteiger partial charge in [-0.15, -0.1) is 0 Å². The first-order chi connectivity index (χ1) is 16.7. The van der Waals surface area contributed by atoms with Crippen LogP contribution in [0.15, 0.2) is 36.9 Å². The number of ether oxygens (including phenoxy) is 1. The molecule has 0 aliphatic carbocycles. The molecule has 0 atom stereocenters. The molecular formula is C28H43N3O3. The van der Waals surface area contributed by atoms with Crippen molar-refractivity contribution in [1.82, 2.24) is 9.55 Å². The maximum absolute atomic E-state index is 12.6. The van der Waals surface area contributed by atoms with E-state index in [0.29, 0.717) is 17.7 Å². The summed E-state index contributed by atoms with van der Waals surface area (Å²) in [6.45, 7) is 2.27. The zero-order valence-electron chi connectivity index (χ0n) is 21.2. The minimum absolute atomic E-state index is 0.0395. The summed E-state index contributed by atoms with van der Waals surface area (Å²) in [7, 11) is 1.35. The van der Waals surface area contributed by atoms with Gasteiger partial charge in [-0.1, -0.05) is 90.4 Å². The lowest BCUT2D eigenvalue weighted by Crippen LogP contribution is -2.14. The average molecular weight is 470 g/mol. The van der Waals surface area contributed by atoms with Crippen LogP contribution in [-0.2, 0) is 9.53 Å². The molecule has 188 valence electrons. The maximum atomic E-state index is 12.6. The molecule has 0 bridgehead atoms. The highest BCUT2D eigenvalue weighted by Crippen LogP contribution is 2.23. The summed E-state index contributed by atoms with van der Waals surface area (Å²) in [5.41, 5.74) is 1.74. The van der Waals surface area contributed by atoms with Crippen LogP contribution in [0.3, 0.4) is 0 Å². The number of aromatic nitrogens is 2. The van der Waals surface area contributed by atoms with Gasteiger partial charge in [0.15, 0.2) is 0 Å². The molecular weight excluding hydrogens is 426 g/mol. The molecule has 6 heteroatoms. The number of amides is 1. The van der Waals surface area contributed by atoms with Crippen molar-refractivity contribution in [3.63, 3.8) is 0 Å². The van der Waals surface area contributed by atoms with Gasteiger partial charge in [0.25, 0.3) is 0 Å². The van der Waals surface area contributed by atoms with Gasteiger partial charge in [-0.05, 0) is 24.6 Å². The Morgan fingerprint density at radius 1 is 0.882 bits per heavy atom. The van der Waals surface area contributed by atoms with Crippen molar-refractivity contribution in [3.05, 3.63) is 42.5 Å². The molecule has 0 aliphatic rings. The minimum atomic E-state index is -0.431. The fraction of sp³-hybridized carbons (Fsp3) is 0.607. The lowest BCUT2D eigenvalue weighted by Gasteiger charge is -2.13. The third kappa shape index (κ3) is 10.5. The van der Waals surface area contributed by atoms with E-state index in [1.54, 1.807) is 36.9 Å². The number of benzene rings is 1. The summed E-state index contributed by atoms with van der Waals surface area (Å²) in [5, 5.41) is 2.97. The average Bonchev–Trinajstić information content (AvgIpc) is 3.38. The lowest BCUT2D eigenvalue weighted by molar-refractivity contribution is -0.116. The van der Waals surface area contributed by atoms with Crippen molar-refractivity contribution in [2.75, 3.05) is 12.4 Å². The Morgan fingerprint density at radius 3 is 2.00 bits per heavy atom. The molecule has 0 spiro atoms. The number of rotatable bonds is 18. The Hall–Kier alpha value is -2.63. The second-order valence-corrected chi connectivity index (χ2v) is 9.09. The number of hydrogen-bond donors (Lipinski definition) is 1. The lowest BCUT2D eigenvalue weighted by atomic mass is 10.0. The van der Waals surface area contributed by atoms with Crippen LogP contribution in [0.1, 0.15) is 114 Å². The number of methoxy groups -OCH3 is 1. The zero-order chi connectivity index (χ0) is 24.4. The molecule has 0 radical (unpaired) electrons. The maximum Gasteiger partial charge on any atom is 0.337 e. The van der Waals surface area contributed by atoms with Crippen LogP contribution in [-0.4, -0.2) is 28.5 Å². The van der Waals surface area contributed by atoms with Crippen LogP contribution in [0, 0.1) is 0 Å². The van der Waals surface area contributed by atoms with Crippen LogP contribution >= 0.6 is 0 Å². The highest BCUT2D eigenvalue weighted by Gasteiger charge is 2.13. The van der Waals surface area contributed by atoms with Crippen molar-refractivity contribution < 1.29 is 14.3 Å². The van der Waals surface area contributed by atoms with Crippen LogP contribution in [0.5, 0.6) is 0 Å². The summed E-state index contributed by atoms with van der Waals surface area (Å²) in [4.78, 5) is 28.5. The van der Waals surface area contributed by atoms with Crippen LogP contribution in [0.4, 0.5) is 5.69 Å². The molecule has 0 saturated carbocycles. The van der Waals surface area contributed by atoms with Gasteiger partial charge in [0.2, 0.25) is 5.91 Å². The van der Waals surface area contributed by atoms with E-state index >= 15 is 0 Å². The molecule has 2 aromatic rings. The third-order valence-corrected chi connectivity index (χ3v) is 6.23. The quantitative estimate of drug-likeness (QED) is 0.181. The van der Waals surface area contributed by atoms with E-state index in [4.69, 9.17) is 4.74 Å². The van der Waals surface area contributed by atoms with E-state index in [1.165, 1.54) is 84.2 Å². The highest BCUT2D eigenvalue weighted by atomic mass is 16.5. The van der Waals surface area contributed by atoms with Gasteiger partial charge < -0.3 is 14.6 Å². The second kappa shape index (κ2) is 16.9. The monoisotopic (exact) mass is 469 g/mol. The van der Waals surface area contributed by atoms with E-state index in [2.05, 4.69) is 17.2 Å². The first-order valence-corrected chi connectivity index (χ1v) is 13.2. The fourth-order valence-corrected chi connectivity index (χ4v) is 4.20. The predicted octanol–water partition coefficient (Wildman–Crippen LogP) is 7.47.